The summed E-state index contributed by atoms with van der Waals surface area (Å²) < 4.78 is 13.6. The van der Waals surface area contributed by atoms with Gasteiger partial charge in [-0.3, -0.25) is 9.36 Å². The number of halogens is 1. The molecular weight excluding hydrogens is 432 g/mol. The van der Waals surface area contributed by atoms with Gasteiger partial charge in [0.25, 0.3) is 5.56 Å². The van der Waals surface area contributed by atoms with Crippen molar-refractivity contribution in [1.29, 1.82) is 0 Å². The van der Waals surface area contributed by atoms with E-state index >= 15 is 0 Å². The average molecular weight is 449 g/mol. The van der Waals surface area contributed by atoms with E-state index in [-0.39, 0.29) is 18.8 Å². The molecule has 0 fully saturated rings. The monoisotopic (exact) mass is 448 g/mol. The summed E-state index contributed by atoms with van der Waals surface area (Å²) in [7, 11) is 0. The van der Waals surface area contributed by atoms with Crippen LogP contribution in [0.4, 0.5) is 0 Å². The lowest BCUT2D eigenvalue weighted by atomic mass is 10.2. The van der Waals surface area contributed by atoms with Crippen LogP contribution in [0.15, 0.2) is 33.5 Å². The van der Waals surface area contributed by atoms with Crippen molar-refractivity contribution in [2.75, 3.05) is 13.2 Å². The van der Waals surface area contributed by atoms with Gasteiger partial charge in [0, 0.05) is 17.4 Å². The number of rotatable bonds is 5. The van der Waals surface area contributed by atoms with Crippen molar-refractivity contribution < 1.29 is 14.3 Å². The van der Waals surface area contributed by atoms with E-state index in [0.717, 1.165) is 23.1 Å². The summed E-state index contributed by atoms with van der Waals surface area (Å²) in [6.07, 6.45) is 1.74. The van der Waals surface area contributed by atoms with Crippen LogP contribution >= 0.6 is 27.3 Å². The maximum atomic E-state index is 12.7. The minimum Gasteiger partial charge on any atom is -0.490 e. The molecule has 4 rings (SSSR count). The Morgan fingerprint density at radius 1 is 1.30 bits per heavy atom. The summed E-state index contributed by atoms with van der Waals surface area (Å²) in [6, 6.07) is 7.43. The Morgan fingerprint density at radius 3 is 2.85 bits per heavy atom. The van der Waals surface area contributed by atoms with Gasteiger partial charge in [-0.1, -0.05) is 15.9 Å². The number of benzene rings is 1. The molecule has 0 amide bonds. The molecule has 0 N–H and O–H groups in total. The molecule has 1 aliphatic heterocycles. The first-order valence-corrected chi connectivity index (χ1v) is 10.2. The molecule has 1 aliphatic rings. The van der Waals surface area contributed by atoms with Gasteiger partial charge in [0.2, 0.25) is 0 Å². The molecule has 8 heteroatoms. The van der Waals surface area contributed by atoms with Gasteiger partial charge >= 0.3 is 5.97 Å². The number of carbonyl (C=O) groups excluding carboxylic acids is 1. The summed E-state index contributed by atoms with van der Waals surface area (Å²) in [4.78, 5) is 30.7. The number of hydrogen-bond acceptors (Lipinski definition) is 6. The van der Waals surface area contributed by atoms with Crippen molar-refractivity contribution in [3.05, 3.63) is 55.4 Å². The maximum absolute atomic E-state index is 12.7. The highest BCUT2D eigenvalue weighted by atomic mass is 79.9. The van der Waals surface area contributed by atoms with Gasteiger partial charge in [-0.15, -0.1) is 11.3 Å². The van der Waals surface area contributed by atoms with Crippen molar-refractivity contribution in [3.8, 4) is 5.75 Å². The second-order valence-electron chi connectivity index (χ2n) is 6.26. The third kappa shape index (κ3) is 3.51. The van der Waals surface area contributed by atoms with Gasteiger partial charge in [-0.2, -0.15) is 0 Å². The molecule has 0 atom stereocenters. The lowest BCUT2D eigenvalue weighted by Gasteiger charge is -2.07. The van der Waals surface area contributed by atoms with Crippen LogP contribution in [0, 0.1) is 6.92 Å². The fourth-order valence-corrected chi connectivity index (χ4v) is 4.51. The number of ether oxygens (including phenoxy) is 2. The van der Waals surface area contributed by atoms with Crippen LogP contribution in [-0.2, 0) is 17.7 Å². The molecule has 2 aromatic heterocycles. The van der Waals surface area contributed by atoms with Gasteiger partial charge in [0.05, 0.1) is 5.39 Å². The van der Waals surface area contributed by atoms with Crippen molar-refractivity contribution in [1.82, 2.24) is 9.55 Å². The third-order valence-electron chi connectivity index (χ3n) is 4.50. The molecule has 3 heterocycles. The number of aryl methyl sites for hydroxylation is 2. The van der Waals surface area contributed by atoms with E-state index in [9.17, 15) is 9.59 Å². The number of thiophene rings is 1. The Morgan fingerprint density at radius 2 is 2.07 bits per heavy atom. The summed E-state index contributed by atoms with van der Waals surface area (Å²) in [5.41, 5.74) is 0.590. The number of aromatic nitrogens is 2. The van der Waals surface area contributed by atoms with Crippen LogP contribution in [-0.4, -0.2) is 28.7 Å². The molecule has 3 aromatic rings. The largest absolute Gasteiger partial charge is 0.490 e. The Labute approximate surface area is 167 Å². The lowest BCUT2D eigenvalue weighted by molar-refractivity contribution is 0.0455. The number of hydrogen-bond donors (Lipinski definition) is 0. The first kappa shape index (κ1) is 18.2. The molecule has 0 radical (unpaired) electrons. The van der Waals surface area contributed by atoms with Crippen molar-refractivity contribution in [3.63, 3.8) is 0 Å². The molecule has 140 valence electrons. The van der Waals surface area contributed by atoms with Crippen LogP contribution in [0.1, 0.15) is 27.5 Å². The number of carbonyl (C=O) groups is 1. The van der Waals surface area contributed by atoms with Crippen molar-refractivity contribution >= 4 is 43.5 Å². The van der Waals surface area contributed by atoms with Crippen LogP contribution < -0.4 is 10.3 Å². The van der Waals surface area contributed by atoms with E-state index in [1.165, 1.54) is 11.3 Å². The Balaban J connectivity index is 1.45. The van der Waals surface area contributed by atoms with Crippen LogP contribution in [0.25, 0.3) is 10.2 Å². The summed E-state index contributed by atoms with van der Waals surface area (Å²) in [6.45, 7) is 2.86. The highest BCUT2D eigenvalue weighted by Gasteiger charge is 2.23. The molecule has 6 nitrogen and oxygen atoms in total. The van der Waals surface area contributed by atoms with Gasteiger partial charge in [0.15, 0.2) is 0 Å². The second kappa shape index (κ2) is 7.44. The molecule has 0 saturated carbocycles. The number of nitrogens with zero attached hydrogens (tertiary/aromatic N) is 2. The Hall–Kier alpha value is -2.19. The van der Waals surface area contributed by atoms with Crippen LogP contribution in [0.3, 0.4) is 0 Å². The smallest absolute Gasteiger partial charge is 0.348 e. The molecule has 0 saturated heterocycles. The Kier molecular flexibility index (Phi) is 5.01. The first-order valence-electron chi connectivity index (χ1n) is 8.63. The van der Waals surface area contributed by atoms with Gasteiger partial charge in [-0.25, -0.2) is 9.78 Å². The highest BCUT2D eigenvalue weighted by Crippen LogP contribution is 2.29. The fourth-order valence-electron chi connectivity index (χ4n) is 3.16. The fraction of sp³-hybridized carbons (Fsp3) is 0.316. The highest BCUT2D eigenvalue weighted by molar-refractivity contribution is 9.10. The molecule has 0 unspecified atom stereocenters. The summed E-state index contributed by atoms with van der Waals surface area (Å²) in [5, 5.41) is 0.531. The minimum atomic E-state index is -0.445. The van der Waals surface area contributed by atoms with E-state index in [1.807, 2.05) is 24.3 Å². The molecule has 0 spiro atoms. The predicted octanol–water partition coefficient (Wildman–Crippen LogP) is 3.71. The standard InChI is InChI=1S/C19H17BrN2O4S/c1-11-15-17(21-14-3-2-8-22(14)18(15)23)27-16(11)19(24)26-10-9-25-13-6-4-12(20)5-7-13/h4-7H,2-3,8-10H2,1H3. The van der Waals surface area contributed by atoms with Gasteiger partial charge in [-0.05, 0) is 43.2 Å². The average Bonchev–Trinajstić information content (AvgIpc) is 3.25. The Bertz CT molecular complexity index is 1070. The van der Waals surface area contributed by atoms with E-state index in [4.69, 9.17) is 9.47 Å². The lowest BCUT2D eigenvalue weighted by Crippen LogP contribution is -2.20. The summed E-state index contributed by atoms with van der Waals surface area (Å²) >= 11 is 4.59. The van der Waals surface area contributed by atoms with Crippen LogP contribution in [0.2, 0.25) is 0 Å². The van der Waals surface area contributed by atoms with Crippen molar-refractivity contribution in [2.45, 2.75) is 26.3 Å². The first-order chi connectivity index (χ1) is 13.0. The number of esters is 1. The van der Waals surface area contributed by atoms with E-state index in [0.29, 0.717) is 33.0 Å². The van der Waals surface area contributed by atoms with Gasteiger partial charge in [0.1, 0.15) is 34.5 Å². The molecule has 0 aliphatic carbocycles. The SMILES string of the molecule is Cc1c(C(=O)OCCOc2ccc(Br)cc2)sc2nc3n(c(=O)c12)CCC3. The zero-order valence-electron chi connectivity index (χ0n) is 14.7. The molecule has 1 aromatic carbocycles. The molecule has 0 bridgehead atoms. The quantitative estimate of drug-likeness (QED) is 0.439. The third-order valence-corrected chi connectivity index (χ3v) is 6.19. The normalized spacial score (nSPS) is 13.0. The predicted molar refractivity (Wildman–Crippen MR) is 107 cm³/mol. The van der Waals surface area contributed by atoms with Crippen molar-refractivity contribution in [2.24, 2.45) is 0 Å². The van der Waals surface area contributed by atoms with Gasteiger partial charge < -0.3 is 9.47 Å². The molecule has 27 heavy (non-hydrogen) atoms. The second-order valence-corrected chi connectivity index (χ2v) is 8.18. The minimum absolute atomic E-state index is 0.0566. The van der Waals surface area contributed by atoms with E-state index in [2.05, 4.69) is 20.9 Å². The van der Waals surface area contributed by atoms with Crippen LogP contribution in [0.5, 0.6) is 5.75 Å². The zero-order valence-corrected chi connectivity index (χ0v) is 17.1. The van der Waals surface area contributed by atoms with E-state index in [1.54, 1.807) is 11.5 Å². The molecular formula is C19H17BrN2O4S. The zero-order chi connectivity index (χ0) is 19.0. The maximum Gasteiger partial charge on any atom is 0.348 e. The van der Waals surface area contributed by atoms with E-state index < -0.39 is 5.97 Å². The topological polar surface area (TPSA) is 70.4 Å². The summed E-state index contributed by atoms with van der Waals surface area (Å²) in [5.74, 6) is 1.06. The number of fused-ring (bicyclic) bond motifs is 2.